The molecule has 0 atom stereocenters. The number of carbonyl (C=O) groups excluding carboxylic acids is 1. The Hall–Kier alpha value is -1.69. The van der Waals surface area contributed by atoms with Gasteiger partial charge in [0.2, 0.25) is 0 Å². The molecule has 1 N–H and O–H groups in total. The van der Waals surface area contributed by atoms with E-state index in [1.807, 2.05) is 27.0 Å². The minimum Gasteiger partial charge on any atom is -0.444 e. The van der Waals surface area contributed by atoms with Gasteiger partial charge < -0.3 is 10.1 Å². The van der Waals surface area contributed by atoms with Crippen LogP contribution in [0.1, 0.15) is 50.7 Å². The second-order valence-corrected chi connectivity index (χ2v) is 7.86. The molecule has 1 aliphatic carbocycles. The van der Waals surface area contributed by atoms with Crippen LogP contribution < -0.4 is 5.32 Å². The van der Waals surface area contributed by atoms with Crippen molar-refractivity contribution in [2.24, 2.45) is 5.92 Å². The molecule has 1 aromatic rings. The van der Waals surface area contributed by atoms with Gasteiger partial charge in [-0.05, 0) is 51.5 Å². The van der Waals surface area contributed by atoms with Gasteiger partial charge in [-0.2, -0.15) is 0 Å². The van der Waals surface area contributed by atoms with E-state index in [9.17, 15) is 4.79 Å². The highest BCUT2D eigenvalue weighted by atomic mass is 16.6. The number of rotatable bonds is 5. The van der Waals surface area contributed by atoms with E-state index in [0.29, 0.717) is 6.54 Å². The fraction of sp³-hybridized carbons (Fsp3) is 0.722. The molecule has 1 fully saturated rings. The normalized spacial score (nSPS) is 18.1. The van der Waals surface area contributed by atoms with Gasteiger partial charge in [-0.15, -0.1) is 0 Å². The highest BCUT2D eigenvalue weighted by molar-refractivity contribution is 5.67. The zero-order valence-corrected chi connectivity index (χ0v) is 15.0. The number of fused-ring (bicyclic) bond motifs is 1. The lowest BCUT2D eigenvalue weighted by Gasteiger charge is -2.28. The first-order chi connectivity index (χ1) is 11.4. The first kappa shape index (κ1) is 17.1. The monoisotopic (exact) mass is 332 g/mol. The molecule has 1 amide bonds. The molecule has 0 spiro atoms. The van der Waals surface area contributed by atoms with Crippen molar-refractivity contribution < 1.29 is 9.53 Å². The number of alkyl carbamates (subject to hydrolysis) is 1. The summed E-state index contributed by atoms with van der Waals surface area (Å²) in [6, 6.07) is 0. The van der Waals surface area contributed by atoms with Crippen LogP contribution >= 0.6 is 0 Å². The van der Waals surface area contributed by atoms with Crippen molar-refractivity contribution in [3.8, 4) is 0 Å². The van der Waals surface area contributed by atoms with Crippen LogP contribution in [0.15, 0.2) is 6.20 Å². The molecule has 0 radical (unpaired) electrons. The predicted octanol–water partition coefficient (Wildman–Crippen LogP) is 2.31. The third-order valence-corrected chi connectivity index (χ3v) is 4.34. The van der Waals surface area contributed by atoms with Crippen LogP contribution in [0.5, 0.6) is 0 Å². The van der Waals surface area contributed by atoms with Gasteiger partial charge in [0.1, 0.15) is 11.4 Å². The second-order valence-electron chi connectivity index (χ2n) is 7.86. The largest absolute Gasteiger partial charge is 0.444 e. The lowest BCUT2D eigenvalue weighted by Crippen LogP contribution is -2.40. The molecule has 24 heavy (non-hydrogen) atoms. The van der Waals surface area contributed by atoms with Crippen LogP contribution in [0.25, 0.3) is 0 Å². The Kier molecular flexibility index (Phi) is 5.04. The Morgan fingerprint density at radius 2 is 2.21 bits per heavy atom. The second kappa shape index (κ2) is 7.05. The summed E-state index contributed by atoms with van der Waals surface area (Å²) in [5, 5.41) is 2.82. The topological polar surface area (TPSA) is 67.3 Å². The van der Waals surface area contributed by atoms with Gasteiger partial charge in [-0.3, -0.25) is 4.90 Å². The Labute approximate surface area is 144 Å². The van der Waals surface area contributed by atoms with Crippen LogP contribution in [0, 0.1) is 5.92 Å². The number of carbonyl (C=O) groups is 1. The minimum absolute atomic E-state index is 0.353. The van der Waals surface area contributed by atoms with E-state index in [1.54, 1.807) is 0 Å². The molecule has 2 aliphatic rings. The van der Waals surface area contributed by atoms with Crippen molar-refractivity contribution in [3.05, 3.63) is 23.3 Å². The van der Waals surface area contributed by atoms with Gasteiger partial charge in [0.25, 0.3) is 0 Å². The maximum absolute atomic E-state index is 11.7. The fourth-order valence-corrected chi connectivity index (χ4v) is 2.90. The van der Waals surface area contributed by atoms with Gasteiger partial charge in [-0.25, -0.2) is 14.8 Å². The van der Waals surface area contributed by atoms with Crippen molar-refractivity contribution in [2.75, 3.05) is 19.6 Å². The van der Waals surface area contributed by atoms with E-state index in [4.69, 9.17) is 9.72 Å². The van der Waals surface area contributed by atoms with Crippen molar-refractivity contribution in [1.29, 1.82) is 0 Å². The van der Waals surface area contributed by atoms with E-state index in [-0.39, 0.29) is 6.09 Å². The summed E-state index contributed by atoms with van der Waals surface area (Å²) in [5.74, 6) is 1.80. The summed E-state index contributed by atoms with van der Waals surface area (Å²) in [7, 11) is 0. The Morgan fingerprint density at radius 1 is 1.42 bits per heavy atom. The summed E-state index contributed by atoms with van der Waals surface area (Å²) >= 11 is 0. The number of nitrogens with zero attached hydrogens (tertiary/aromatic N) is 3. The SMILES string of the molecule is CC(C)(C)OC(=O)NCCN1CCc2cnc(CC3CC3)nc2C1. The average Bonchev–Trinajstić information content (AvgIpc) is 3.29. The summed E-state index contributed by atoms with van der Waals surface area (Å²) in [5.41, 5.74) is 1.97. The maximum atomic E-state index is 11.7. The molecule has 1 saturated carbocycles. The van der Waals surface area contributed by atoms with Crippen LogP contribution in [-0.2, 0) is 24.1 Å². The molecular formula is C18H28N4O2. The smallest absolute Gasteiger partial charge is 0.407 e. The van der Waals surface area contributed by atoms with Crippen LogP contribution in [0.4, 0.5) is 4.79 Å². The van der Waals surface area contributed by atoms with E-state index in [2.05, 4.69) is 15.2 Å². The van der Waals surface area contributed by atoms with Crippen molar-refractivity contribution in [3.63, 3.8) is 0 Å². The van der Waals surface area contributed by atoms with Crippen molar-refractivity contribution in [1.82, 2.24) is 20.2 Å². The number of hydrogen-bond donors (Lipinski definition) is 1. The maximum Gasteiger partial charge on any atom is 0.407 e. The fourth-order valence-electron chi connectivity index (χ4n) is 2.90. The number of hydrogen-bond acceptors (Lipinski definition) is 5. The summed E-state index contributed by atoms with van der Waals surface area (Å²) in [4.78, 5) is 23.3. The van der Waals surface area contributed by atoms with Crippen molar-refractivity contribution in [2.45, 2.75) is 58.6 Å². The van der Waals surface area contributed by atoms with Crippen molar-refractivity contribution >= 4 is 6.09 Å². The van der Waals surface area contributed by atoms with Gasteiger partial charge >= 0.3 is 6.09 Å². The predicted molar refractivity (Wildman–Crippen MR) is 91.7 cm³/mol. The van der Waals surface area contributed by atoms with E-state index in [1.165, 1.54) is 18.4 Å². The summed E-state index contributed by atoms with van der Waals surface area (Å²) in [6.45, 7) is 8.82. The molecule has 6 heteroatoms. The van der Waals surface area contributed by atoms with Crippen LogP contribution in [-0.4, -0.2) is 46.2 Å². The number of nitrogens with one attached hydrogen (secondary N) is 1. The molecule has 132 valence electrons. The minimum atomic E-state index is -0.455. The van der Waals surface area contributed by atoms with Crippen LogP contribution in [0.2, 0.25) is 0 Å². The molecule has 0 bridgehead atoms. The quantitative estimate of drug-likeness (QED) is 0.896. The highest BCUT2D eigenvalue weighted by Gasteiger charge is 2.24. The number of amides is 1. The van der Waals surface area contributed by atoms with E-state index >= 15 is 0 Å². The first-order valence-electron chi connectivity index (χ1n) is 8.92. The van der Waals surface area contributed by atoms with E-state index < -0.39 is 5.60 Å². The zero-order chi connectivity index (χ0) is 17.2. The molecule has 0 aromatic carbocycles. The Morgan fingerprint density at radius 3 is 2.92 bits per heavy atom. The van der Waals surface area contributed by atoms with Gasteiger partial charge in [0.15, 0.2) is 0 Å². The first-order valence-corrected chi connectivity index (χ1v) is 8.92. The molecule has 3 rings (SSSR count). The summed E-state index contributed by atoms with van der Waals surface area (Å²) in [6.07, 6.45) is 6.30. The standard InChI is InChI=1S/C18H28N4O2/c1-18(2,3)24-17(23)19-7-9-22-8-6-14-11-20-16(10-13-4-5-13)21-15(14)12-22/h11,13H,4-10,12H2,1-3H3,(H,19,23). The highest BCUT2D eigenvalue weighted by Crippen LogP contribution is 2.31. The third kappa shape index (κ3) is 5.16. The number of aromatic nitrogens is 2. The molecule has 6 nitrogen and oxygen atoms in total. The molecule has 1 aliphatic heterocycles. The van der Waals surface area contributed by atoms with Crippen LogP contribution in [0.3, 0.4) is 0 Å². The lowest BCUT2D eigenvalue weighted by atomic mass is 10.1. The summed E-state index contributed by atoms with van der Waals surface area (Å²) < 4.78 is 5.25. The Balaban J connectivity index is 1.46. The molecule has 0 saturated heterocycles. The molecule has 0 unspecified atom stereocenters. The molecule has 1 aromatic heterocycles. The molecule has 2 heterocycles. The molecular weight excluding hydrogens is 304 g/mol. The Bertz CT molecular complexity index is 593. The van der Waals surface area contributed by atoms with Gasteiger partial charge in [0, 0.05) is 38.8 Å². The number of ether oxygens (including phenoxy) is 1. The third-order valence-electron chi connectivity index (χ3n) is 4.34. The van der Waals surface area contributed by atoms with Gasteiger partial charge in [-0.1, -0.05) is 0 Å². The van der Waals surface area contributed by atoms with E-state index in [0.717, 1.165) is 49.9 Å². The lowest BCUT2D eigenvalue weighted by molar-refractivity contribution is 0.0521. The zero-order valence-electron chi connectivity index (χ0n) is 15.0. The van der Waals surface area contributed by atoms with Gasteiger partial charge in [0.05, 0.1) is 5.69 Å². The average molecular weight is 332 g/mol.